The Morgan fingerprint density at radius 1 is 1.22 bits per heavy atom. The summed E-state index contributed by atoms with van der Waals surface area (Å²) >= 11 is 1.36. The van der Waals surface area contributed by atoms with Crippen LogP contribution in [0.25, 0.3) is 0 Å². The maximum atomic E-state index is 13.1. The minimum Gasteiger partial charge on any atom is -0.379 e. The van der Waals surface area contributed by atoms with Crippen molar-refractivity contribution in [3.8, 4) is 0 Å². The molecule has 3 rings (SSSR count). The zero-order valence-electron chi connectivity index (χ0n) is 18.9. The molecule has 1 N–H and O–H groups in total. The van der Waals surface area contributed by atoms with Crippen LogP contribution in [0.15, 0.2) is 24.3 Å². The Bertz CT molecular complexity index is 811. The highest BCUT2D eigenvalue weighted by Gasteiger charge is 2.15. The first kappa shape index (κ1) is 24.5. The fourth-order valence-corrected chi connectivity index (χ4v) is 4.30. The summed E-state index contributed by atoms with van der Waals surface area (Å²) in [6.07, 6.45) is 4.07. The summed E-state index contributed by atoms with van der Waals surface area (Å²) in [5.74, 6) is 0.556. The van der Waals surface area contributed by atoms with E-state index < -0.39 is 0 Å². The highest BCUT2D eigenvalue weighted by Crippen LogP contribution is 2.20. The zero-order chi connectivity index (χ0) is 22.6. The van der Waals surface area contributed by atoms with Crippen molar-refractivity contribution in [3.05, 3.63) is 41.5 Å². The molecule has 0 spiro atoms. The molecule has 1 aromatic carbocycles. The number of morpholine rings is 1. The van der Waals surface area contributed by atoms with E-state index in [1.54, 1.807) is 12.1 Å². The number of aromatic nitrogens is 2. The first-order valence-electron chi connectivity index (χ1n) is 11.5. The van der Waals surface area contributed by atoms with E-state index in [1.807, 2.05) is 0 Å². The van der Waals surface area contributed by atoms with E-state index in [-0.39, 0.29) is 11.7 Å². The van der Waals surface area contributed by atoms with Crippen molar-refractivity contribution in [2.24, 2.45) is 0 Å². The van der Waals surface area contributed by atoms with E-state index in [2.05, 4.69) is 31.4 Å². The lowest BCUT2D eigenvalue weighted by Gasteiger charge is -2.26. The highest BCUT2D eigenvalue weighted by atomic mass is 32.1. The van der Waals surface area contributed by atoms with Gasteiger partial charge in [0, 0.05) is 57.1 Å². The number of nitrogens with zero attached hydrogens (tertiary/aromatic N) is 4. The molecule has 0 aliphatic carbocycles. The molecule has 7 nitrogen and oxygen atoms in total. The van der Waals surface area contributed by atoms with Gasteiger partial charge in [0.05, 0.1) is 13.2 Å². The topological polar surface area (TPSA) is 70.6 Å². The summed E-state index contributed by atoms with van der Waals surface area (Å²) in [5.41, 5.74) is 0.979. The lowest BCUT2D eigenvalue weighted by Crippen LogP contribution is -2.38. The van der Waals surface area contributed by atoms with Crippen LogP contribution in [0.4, 0.5) is 9.52 Å². The Balaban J connectivity index is 1.43. The van der Waals surface area contributed by atoms with Crippen LogP contribution >= 0.6 is 11.5 Å². The van der Waals surface area contributed by atoms with Gasteiger partial charge in [-0.25, -0.2) is 9.37 Å². The molecule has 0 atom stereocenters. The molecular weight excluding hydrogens is 429 g/mol. The number of anilines is 1. The molecule has 0 unspecified atom stereocenters. The minimum atomic E-state index is -0.245. The minimum absolute atomic E-state index is 0.0736. The third-order valence-electron chi connectivity index (χ3n) is 5.47. The van der Waals surface area contributed by atoms with Gasteiger partial charge < -0.3 is 15.0 Å². The van der Waals surface area contributed by atoms with Crippen LogP contribution in [-0.2, 0) is 16.0 Å². The van der Waals surface area contributed by atoms with Gasteiger partial charge in [-0.2, -0.15) is 4.37 Å². The second-order valence-corrected chi connectivity index (χ2v) is 8.77. The summed E-state index contributed by atoms with van der Waals surface area (Å²) < 4.78 is 22.9. The number of unbranched alkanes of at least 4 members (excludes halogenated alkanes) is 1. The zero-order valence-corrected chi connectivity index (χ0v) is 19.7. The fourth-order valence-electron chi connectivity index (χ4n) is 3.56. The molecule has 1 fully saturated rings. The molecular formula is C23H34FN5O2S. The molecule has 176 valence electrons. The van der Waals surface area contributed by atoms with Crippen LogP contribution in [0.1, 0.15) is 44.0 Å². The Kier molecular flexibility index (Phi) is 10.3. The van der Waals surface area contributed by atoms with Crippen LogP contribution in [0, 0.1) is 5.82 Å². The number of halogens is 1. The van der Waals surface area contributed by atoms with Crippen LogP contribution < -0.4 is 10.2 Å². The smallest absolute Gasteiger partial charge is 0.221 e. The SMILES string of the molecule is CCCCN(CCC(=O)NCCCN1CCOCC1)c1nc(Cc2ccc(F)cc2)ns1. The normalized spacial score (nSPS) is 14.4. The third kappa shape index (κ3) is 8.44. The first-order valence-corrected chi connectivity index (χ1v) is 12.3. The number of carbonyl (C=O) groups excluding carboxylic acids is 1. The third-order valence-corrected chi connectivity index (χ3v) is 6.29. The van der Waals surface area contributed by atoms with E-state index in [0.717, 1.165) is 75.2 Å². The van der Waals surface area contributed by atoms with Gasteiger partial charge in [0.1, 0.15) is 11.6 Å². The van der Waals surface area contributed by atoms with E-state index in [1.165, 1.54) is 23.7 Å². The van der Waals surface area contributed by atoms with Crippen molar-refractivity contribution >= 4 is 22.6 Å². The Morgan fingerprint density at radius 2 is 2.00 bits per heavy atom. The van der Waals surface area contributed by atoms with Gasteiger partial charge in [0.2, 0.25) is 11.0 Å². The number of hydrogen-bond donors (Lipinski definition) is 1. The predicted octanol–water partition coefficient (Wildman–Crippen LogP) is 3.10. The second-order valence-electron chi connectivity index (χ2n) is 8.04. The standard InChI is InChI=1S/C23H34FN5O2S/c1-2-3-12-29(13-9-22(30)25-10-4-11-28-14-16-31-17-15-28)23-26-21(27-32-23)18-19-5-7-20(24)8-6-19/h5-8H,2-4,9-18H2,1H3,(H,25,30). The lowest BCUT2D eigenvalue weighted by molar-refractivity contribution is -0.120. The monoisotopic (exact) mass is 463 g/mol. The molecule has 2 heterocycles. The summed E-state index contributed by atoms with van der Waals surface area (Å²) in [7, 11) is 0. The van der Waals surface area contributed by atoms with Crippen LogP contribution in [-0.4, -0.2) is 72.6 Å². The molecule has 1 aliphatic rings. The van der Waals surface area contributed by atoms with Gasteiger partial charge in [0.15, 0.2) is 0 Å². The average molecular weight is 464 g/mol. The Hall–Kier alpha value is -2.10. The van der Waals surface area contributed by atoms with E-state index in [0.29, 0.717) is 25.9 Å². The maximum absolute atomic E-state index is 13.1. The van der Waals surface area contributed by atoms with Gasteiger partial charge in [0.25, 0.3) is 0 Å². The van der Waals surface area contributed by atoms with Crippen molar-refractivity contribution < 1.29 is 13.9 Å². The second kappa shape index (κ2) is 13.4. The molecule has 9 heteroatoms. The van der Waals surface area contributed by atoms with Crippen LogP contribution in [0.3, 0.4) is 0 Å². The average Bonchev–Trinajstić information content (AvgIpc) is 3.27. The van der Waals surface area contributed by atoms with Crippen molar-refractivity contribution in [2.75, 3.05) is 57.4 Å². The molecule has 32 heavy (non-hydrogen) atoms. The quantitative estimate of drug-likeness (QED) is 0.461. The van der Waals surface area contributed by atoms with Gasteiger partial charge in [-0.15, -0.1) is 0 Å². The summed E-state index contributed by atoms with van der Waals surface area (Å²) in [5, 5.41) is 3.88. The number of hydrogen-bond acceptors (Lipinski definition) is 7. The van der Waals surface area contributed by atoms with E-state index in [4.69, 9.17) is 4.74 Å². The molecule has 1 amide bonds. The van der Waals surface area contributed by atoms with Gasteiger partial charge >= 0.3 is 0 Å². The molecule has 0 saturated carbocycles. The van der Waals surface area contributed by atoms with Crippen LogP contribution in [0.5, 0.6) is 0 Å². The van der Waals surface area contributed by atoms with E-state index in [9.17, 15) is 9.18 Å². The van der Waals surface area contributed by atoms with Crippen molar-refractivity contribution in [1.29, 1.82) is 0 Å². The number of benzene rings is 1. The molecule has 1 saturated heterocycles. The number of amides is 1. The number of carbonyl (C=O) groups is 1. The largest absolute Gasteiger partial charge is 0.379 e. The molecule has 2 aromatic rings. The van der Waals surface area contributed by atoms with Gasteiger partial charge in [-0.3, -0.25) is 9.69 Å². The predicted molar refractivity (Wildman–Crippen MR) is 126 cm³/mol. The molecule has 1 aliphatic heterocycles. The number of ether oxygens (including phenoxy) is 1. The van der Waals surface area contributed by atoms with Crippen molar-refractivity contribution in [2.45, 2.75) is 39.0 Å². The fraction of sp³-hybridized carbons (Fsp3) is 0.609. The maximum Gasteiger partial charge on any atom is 0.221 e. The number of nitrogens with one attached hydrogen (secondary N) is 1. The summed E-state index contributed by atoms with van der Waals surface area (Å²) in [4.78, 5) is 21.6. The number of rotatable bonds is 13. The first-order chi connectivity index (χ1) is 15.6. The van der Waals surface area contributed by atoms with Crippen molar-refractivity contribution in [1.82, 2.24) is 19.6 Å². The molecule has 0 radical (unpaired) electrons. The summed E-state index contributed by atoms with van der Waals surface area (Å²) in [6, 6.07) is 6.42. The molecule has 1 aromatic heterocycles. The van der Waals surface area contributed by atoms with E-state index >= 15 is 0 Å². The van der Waals surface area contributed by atoms with Crippen molar-refractivity contribution in [3.63, 3.8) is 0 Å². The Morgan fingerprint density at radius 3 is 2.75 bits per heavy atom. The molecule has 0 bridgehead atoms. The summed E-state index contributed by atoms with van der Waals surface area (Å²) in [6.45, 7) is 8.89. The Labute approximate surface area is 194 Å². The van der Waals surface area contributed by atoms with Gasteiger partial charge in [-0.1, -0.05) is 25.5 Å². The highest BCUT2D eigenvalue weighted by molar-refractivity contribution is 7.09. The van der Waals surface area contributed by atoms with Crippen LogP contribution in [0.2, 0.25) is 0 Å². The van der Waals surface area contributed by atoms with Gasteiger partial charge in [-0.05, 0) is 37.1 Å². The lowest BCUT2D eigenvalue weighted by atomic mass is 10.1.